The van der Waals surface area contributed by atoms with Gasteiger partial charge in [0.25, 0.3) is 0 Å². The normalized spacial score (nSPS) is 11.8. The number of nitrogens with zero attached hydrogens (tertiary/aromatic N) is 2. The third-order valence-electron chi connectivity index (χ3n) is 3.83. The van der Waals surface area contributed by atoms with Crippen LogP contribution in [0.2, 0.25) is 0 Å². The Morgan fingerprint density at radius 1 is 1.29 bits per heavy atom. The van der Waals surface area contributed by atoms with Gasteiger partial charge in [-0.1, -0.05) is 19.1 Å². The fourth-order valence-electron chi connectivity index (χ4n) is 2.28. The third-order valence-corrected chi connectivity index (χ3v) is 3.83. The predicted octanol–water partition coefficient (Wildman–Crippen LogP) is 3.18. The third kappa shape index (κ3) is 4.34. The lowest BCUT2D eigenvalue weighted by Gasteiger charge is -2.11. The molecule has 0 spiro atoms. The molecule has 7 nitrogen and oxygen atoms in total. The van der Waals surface area contributed by atoms with E-state index in [1.807, 2.05) is 17.7 Å². The second-order valence-electron chi connectivity index (χ2n) is 5.68. The van der Waals surface area contributed by atoms with Crippen molar-refractivity contribution in [2.45, 2.75) is 39.8 Å². The summed E-state index contributed by atoms with van der Waals surface area (Å²) in [6.07, 6.45) is 0.959. The Balaban J connectivity index is 1.90. The molecule has 0 fully saturated rings. The molecule has 0 aliphatic carbocycles. The number of carboxylic acids is 1. The molecule has 128 valence electrons. The average Bonchev–Trinajstić information content (AvgIpc) is 2.92. The van der Waals surface area contributed by atoms with Crippen molar-refractivity contribution in [3.63, 3.8) is 0 Å². The lowest BCUT2D eigenvalue weighted by Crippen LogP contribution is -2.28. The number of amides is 2. The van der Waals surface area contributed by atoms with Crippen molar-refractivity contribution in [1.29, 1.82) is 0 Å². The highest BCUT2D eigenvalue weighted by Gasteiger charge is 2.11. The summed E-state index contributed by atoms with van der Waals surface area (Å²) in [4.78, 5) is 22.7. The van der Waals surface area contributed by atoms with Gasteiger partial charge in [0, 0.05) is 24.3 Å². The molecule has 0 saturated heterocycles. The molecular formula is C17H22N4O3. The fraction of sp³-hybridized carbons (Fsp3) is 0.353. The van der Waals surface area contributed by atoms with Crippen molar-refractivity contribution >= 4 is 17.8 Å². The van der Waals surface area contributed by atoms with Crippen LogP contribution in [0.25, 0.3) is 0 Å². The molecule has 0 aliphatic rings. The van der Waals surface area contributed by atoms with Gasteiger partial charge < -0.3 is 10.4 Å². The highest BCUT2D eigenvalue weighted by atomic mass is 16.4. The maximum Gasteiger partial charge on any atom is 0.335 e. The number of hydrogen-bond donors (Lipinski definition) is 3. The van der Waals surface area contributed by atoms with Crippen molar-refractivity contribution in [2.75, 3.05) is 5.32 Å². The van der Waals surface area contributed by atoms with E-state index in [0.29, 0.717) is 12.4 Å². The first kappa shape index (κ1) is 17.5. The maximum atomic E-state index is 12.0. The molecule has 7 heteroatoms. The van der Waals surface area contributed by atoms with Gasteiger partial charge in [0.05, 0.1) is 5.56 Å². The number of carbonyl (C=O) groups excluding carboxylic acids is 1. The molecule has 24 heavy (non-hydrogen) atoms. The van der Waals surface area contributed by atoms with Crippen LogP contribution in [0.1, 0.15) is 47.9 Å². The summed E-state index contributed by atoms with van der Waals surface area (Å²) >= 11 is 0. The summed E-state index contributed by atoms with van der Waals surface area (Å²) in [5, 5.41) is 18.7. The summed E-state index contributed by atoms with van der Waals surface area (Å²) in [5.74, 6) is -0.467. The van der Waals surface area contributed by atoms with Gasteiger partial charge in [-0.2, -0.15) is 5.10 Å². The number of benzene rings is 1. The van der Waals surface area contributed by atoms with Gasteiger partial charge in [-0.25, -0.2) is 9.59 Å². The van der Waals surface area contributed by atoms with Gasteiger partial charge in [0.2, 0.25) is 0 Å². The summed E-state index contributed by atoms with van der Waals surface area (Å²) in [6.45, 7) is 6.41. The van der Waals surface area contributed by atoms with Crippen molar-refractivity contribution < 1.29 is 14.7 Å². The number of urea groups is 1. The number of nitrogens with one attached hydrogen (secondary N) is 2. The molecule has 3 N–H and O–H groups in total. The van der Waals surface area contributed by atoms with Gasteiger partial charge in [-0.3, -0.25) is 10.00 Å². The smallest absolute Gasteiger partial charge is 0.335 e. The highest BCUT2D eigenvalue weighted by Crippen LogP contribution is 2.16. The molecule has 1 atom stereocenters. The largest absolute Gasteiger partial charge is 0.478 e. The zero-order valence-corrected chi connectivity index (χ0v) is 14.0. The lowest BCUT2D eigenvalue weighted by atomic mass is 10.1. The van der Waals surface area contributed by atoms with Crippen molar-refractivity contribution in [3.8, 4) is 0 Å². The minimum Gasteiger partial charge on any atom is -0.478 e. The van der Waals surface area contributed by atoms with Gasteiger partial charge in [-0.05, 0) is 38.0 Å². The zero-order chi connectivity index (χ0) is 17.7. The van der Waals surface area contributed by atoms with E-state index in [1.54, 1.807) is 12.1 Å². The van der Waals surface area contributed by atoms with E-state index in [2.05, 4.69) is 29.6 Å². The zero-order valence-electron chi connectivity index (χ0n) is 14.0. The van der Waals surface area contributed by atoms with E-state index < -0.39 is 5.97 Å². The first-order valence-corrected chi connectivity index (χ1v) is 7.84. The molecule has 0 aliphatic heterocycles. The van der Waals surface area contributed by atoms with Crippen LogP contribution in [0.4, 0.5) is 10.6 Å². The Labute approximate surface area is 140 Å². The second kappa shape index (κ2) is 7.63. The molecule has 0 bridgehead atoms. The van der Waals surface area contributed by atoms with Crippen LogP contribution < -0.4 is 10.6 Å². The predicted molar refractivity (Wildman–Crippen MR) is 91.2 cm³/mol. The van der Waals surface area contributed by atoms with Gasteiger partial charge >= 0.3 is 12.0 Å². The molecule has 0 radical (unpaired) electrons. The van der Waals surface area contributed by atoms with Crippen molar-refractivity contribution in [2.24, 2.45) is 0 Å². The number of carboxylic acid groups (broad SMARTS) is 1. The number of carbonyl (C=O) groups is 2. The Kier molecular flexibility index (Phi) is 5.57. The number of rotatable bonds is 6. The van der Waals surface area contributed by atoms with Crippen LogP contribution >= 0.6 is 0 Å². The minimum absolute atomic E-state index is 0.217. The highest BCUT2D eigenvalue weighted by molar-refractivity contribution is 5.88. The monoisotopic (exact) mass is 330 g/mol. The van der Waals surface area contributed by atoms with E-state index in [-0.39, 0.29) is 17.6 Å². The van der Waals surface area contributed by atoms with E-state index in [9.17, 15) is 9.59 Å². The van der Waals surface area contributed by atoms with Crippen LogP contribution in [0.15, 0.2) is 30.3 Å². The molecule has 2 rings (SSSR count). The van der Waals surface area contributed by atoms with Crippen molar-refractivity contribution in [3.05, 3.63) is 47.2 Å². The summed E-state index contributed by atoms with van der Waals surface area (Å²) in [6, 6.07) is 8.11. The van der Waals surface area contributed by atoms with Gasteiger partial charge in [0.1, 0.15) is 0 Å². The SMILES string of the molecule is CCC(C)n1nc(NC(=O)NCc2ccc(C(=O)O)cc2)cc1C. The standard InChI is InChI=1S/C17H22N4O3/c1-4-11(2)21-12(3)9-15(20-21)19-17(24)18-10-13-5-7-14(8-6-13)16(22)23/h5-9,11H,4,10H2,1-3H3,(H,22,23)(H2,18,19,20,24). The fourth-order valence-corrected chi connectivity index (χ4v) is 2.28. The molecular weight excluding hydrogens is 308 g/mol. The first-order chi connectivity index (χ1) is 11.4. The molecule has 1 unspecified atom stereocenters. The van der Waals surface area contributed by atoms with E-state index in [0.717, 1.165) is 17.7 Å². The molecule has 2 amide bonds. The summed E-state index contributed by atoms with van der Waals surface area (Å²) in [5.41, 5.74) is 2.02. The maximum absolute atomic E-state index is 12.0. The minimum atomic E-state index is -0.973. The average molecular weight is 330 g/mol. The van der Waals surface area contributed by atoms with Crippen LogP contribution in [-0.2, 0) is 6.54 Å². The van der Waals surface area contributed by atoms with E-state index >= 15 is 0 Å². The topological polar surface area (TPSA) is 96.3 Å². The second-order valence-corrected chi connectivity index (χ2v) is 5.68. The first-order valence-electron chi connectivity index (χ1n) is 7.84. The Bertz CT molecular complexity index is 722. The van der Waals surface area contributed by atoms with Gasteiger partial charge in [-0.15, -0.1) is 0 Å². The molecule has 0 saturated carbocycles. The van der Waals surface area contributed by atoms with Crippen molar-refractivity contribution in [1.82, 2.24) is 15.1 Å². The van der Waals surface area contributed by atoms with Crippen LogP contribution in [0.5, 0.6) is 0 Å². The van der Waals surface area contributed by atoms with E-state index in [1.165, 1.54) is 12.1 Å². The lowest BCUT2D eigenvalue weighted by molar-refractivity contribution is 0.0697. The number of aryl methyl sites for hydroxylation is 1. The van der Waals surface area contributed by atoms with Crippen LogP contribution in [0, 0.1) is 6.92 Å². The van der Waals surface area contributed by atoms with E-state index in [4.69, 9.17) is 5.11 Å². The molecule has 1 aromatic carbocycles. The van der Waals surface area contributed by atoms with Crippen LogP contribution in [-0.4, -0.2) is 26.9 Å². The summed E-state index contributed by atoms with van der Waals surface area (Å²) < 4.78 is 1.89. The number of anilines is 1. The number of hydrogen-bond acceptors (Lipinski definition) is 3. The molecule has 1 aromatic heterocycles. The van der Waals surface area contributed by atoms with Crippen LogP contribution in [0.3, 0.4) is 0 Å². The number of aromatic carboxylic acids is 1. The Hall–Kier alpha value is -2.83. The Morgan fingerprint density at radius 2 is 1.96 bits per heavy atom. The van der Waals surface area contributed by atoms with Gasteiger partial charge in [0.15, 0.2) is 5.82 Å². The molecule has 1 heterocycles. The quantitative estimate of drug-likeness (QED) is 0.758. The summed E-state index contributed by atoms with van der Waals surface area (Å²) in [7, 11) is 0. The molecule has 2 aromatic rings. The Morgan fingerprint density at radius 3 is 2.54 bits per heavy atom. The number of aromatic nitrogens is 2.